The van der Waals surface area contributed by atoms with Gasteiger partial charge in [0.1, 0.15) is 0 Å². The second-order valence-corrected chi connectivity index (χ2v) is 7.81. The highest BCUT2D eigenvalue weighted by molar-refractivity contribution is 7.09. The number of thiophene rings is 1. The Kier molecular flexibility index (Phi) is 5.04. The highest BCUT2D eigenvalue weighted by Gasteiger charge is 2.33. The van der Waals surface area contributed by atoms with Crippen molar-refractivity contribution in [1.82, 2.24) is 10.2 Å². The summed E-state index contributed by atoms with van der Waals surface area (Å²) >= 11 is 1.88. The van der Waals surface area contributed by atoms with Gasteiger partial charge in [-0.2, -0.15) is 0 Å². The van der Waals surface area contributed by atoms with Gasteiger partial charge in [0, 0.05) is 36.6 Å². The molecule has 2 unspecified atom stereocenters. The topological polar surface area (TPSA) is 15.3 Å². The number of rotatable bonds is 4. The molecule has 2 nitrogen and oxygen atoms in total. The minimum Gasteiger partial charge on any atom is -0.311 e. The predicted octanol–water partition coefficient (Wildman–Crippen LogP) is 3.74. The lowest BCUT2D eigenvalue weighted by atomic mass is 9.84. The maximum Gasteiger partial charge on any atom is 0.0332 e. The average Bonchev–Trinajstić information content (AvgIpc) is 2.83. The van der Waals surface area contributed by atoms with Gasteiger partial charge in [0.15, 0.2) is 0 Å². The highest BCUT2D eigenvalue weighted by Crippen LogP contribution is 2.26. The van der Waals surface area contributed by atoms with Gasteiger partial charge in [-0.25, -0.2) is 0 Å². The molecule has 2 rings (SSSR count). The van der Waals surface area contributed by atoms with Gasteiger partial charge in [-0.1, -0.05) is 40.2 Å². The molecule has 3 heteroatoms. The van der Waals surface area contributed by atoms with Crippen molar-refractivity contribution >= 4 is 11.3 Å². The molecule has 108 valence electrons. The number of hydrogen-bond acceptors (Lipinski definition) is 3. The summed E-state index contributed by atoms with van der Waals surface area (Å²) in [5, 5.41) is 5.95. The van der Waals surface area contributed by atoms with Crippen LogP contribution in [0.2, 0.25) is 0 Å². The standard InChI is InChI=1S/C16H28N2S/c1-5-7-13-10-17-15(16(2,3)4)12-18(13)11-14-8-6-9-19-14/h6,8-9,13,15,17H,5,7,10-12H2,1-4H3. The molecule has 1 N–H and O–H groups in total. The highest BCUT2D eigenvalue weighted by atomic mass is 32.1. The summed E-state index contributed by atoms with van der Waals surface area (Å²) in [7, 11) is 0. The molecule has 0 bridgehead atoms. The number of nitrogens with one attached hydrogen (secondary N) is 1. The lowest BCUT2D eigenvalue weighted by Crippen LogP contribution is -2.59. The van der Waals surface area contributed by atoms with Crippen molar-refractivity contribution in [2.24, 2.45) is 5.41 Å². The van der Waals surface area contributed by atoms with Gasteiger partial charge in [0.05, 0.1) is 0 Å². The molecule has 0 saturated carbocycles. The first-order valence-corrected chi connectivity index (χ1v) is 8.38. The zero-order chi connectivity index (χ0) is 13.9. The molecule has 0 spiro atoms. The number of piperazine rings is 1. The van der Waals surface area contributed by atoms with Gasteiger partial charge >= 0.3 is 0 Å². The quantitative estimate of drug-likeness (QED) is 0.904. The van der Waals surface area contributed by atoms with Crippen LogP contribution in [0.15, 0.2) is 17.5 Å². The molecule has 0 aromatic carbocycles. The predicted molar refractivity (Wildman–Crippen MR) is 84.7 cm³/mol. The fraction of sp³-hybridized carbons (Fsp3) is 0.750. The van der Waals surface area contributed by atoms with Gasteiger partial charge in [0.2, 0.25) is 0 Å². The van der Waals surface area contributed by atoms with Crippen LogP contribution in [0.1, 0.15) is 45.4 Å². The van der Waals surface area contributed by atoms with Gasteiger partial charge in [-0.3, -0.25) is 4.90 Å². The van der Waals surface area contributed by atoms with E-state index in [4.69, 9.17) is 0 Å². The van der Waals surface area contributed by atoms with Crippen LogP contribution < -0.4 is 5.32 Å². The zero-order valence-electron chi connectivity index (χ0n) is 12.8. The molecule has 2 atom stereocenters. The Morgan fingerprint density at radius 3 is 2.79 bits per heavy atom. The molecule has 0 aliphatic carbocycles. The van der Waals surface area contributed by atoms with E-state index in [0.717, 1.165) is 13.1 Å². The third kappa shape index (κ3) is 4.04. The van der Waals surface area contributed by atoms with E-state index in [0.29, 0.717) is 17.5 Å². The fourth-order valence-corrected chi connectivity index (χ4v) is 3.58. The first-order chi connectivity index (χ1) is 9.00. The third-order valence-electron chi connectivity index (χ3n) is 4.14. The van der Waals surface area contributed by atoms with Crippen molar-refractivity contribution in [2.45, 2.75) is 59.2 Å². The number of nitrogens with zero attached hydrogens (tertiary/aromatic N) is 1. The SMILES string of the molecule is CCCC1CNC(C(C)(C)C)CN1Cc1cccs1. The minimum atomic E-state index is 0.338. The molecule has 0 amide bonds. The van der Waals surface area contributed by atoms with Gasteiger partial charge in [-0.15, -0.1) is 11.3 Å². The molecule has 1 saturated heterocycles. The van der Waals surface area contributed by atoms with E-state index in [1.807, 2.05) is 11.3 Å². The Morgan fingerprint density at radius 2 is 2.21 bits per heavy atom. The molecular formula is C16H28N2S. The Bertz CT molecular complexity index is 367. The smallest absolute Gasteiger partial charge is 0.0332 e. The molecule has 1 aromatic heterocycles. The fourth-order valence-electron chi connectivity index (χ4n) is 2.85. The summed E-state index contributed by atoms with van der Waals surface area (Å²) in [6.07, 6.45) is 2.57. The van der Waals surface area contributed by atoms with Crippen LogP contribution in [0.3, 0.4) is 0 Å². The molecule has 1 fully saturated rings. The van der Waals surface area contributed by atoms with E-state index in [2.05, 4.69) is 55.4 Å². The molecule has 0 radical (unpaired) electrons. The molecule has 19 heavy (non-hydrogen) atoms. The first-order valence-electron chi connectivity index (χ1n) is 7.50. The van der Waals surface area contributed by atoms with Crippen LogP contribution in [0.5, 0.6) is 0 Å². The largest absolute Gasteiger partial charge is 0.311 e. The summed E-state index contributed by atoms with van der Waals surface area (Å²) in [5.74, 6) is 0. The summed E-state index contributed by atoms with van der Waals surface area (Å²) in [4.78, 5) is 4.19. The van der Waals surface area contributed by atoms with Crippen LogP contribution in [-0.2, 0) is 6.54 Å². The summed E-state index contributed by atoms with van der Waals surface area (Å²) < 4.78 is 0. The Hall–Kier alpha value is -0.380. The van der Waals surface area contributed by atoms with Crippen molar-refractivity contribution < 1.29 is 0 Å². The van der Waals surface area contributed by atoms with Gasteiger partial charge in [-0.05, 0) is 23.3 Å². The summed E-state index contributed by atoms with van der Waals surface area (Å²) in [5.41, 5.74) is 0.338. The van der Waals surface area contributed by atoms with Crippen LogP contribution in [0, 0.1) is 5.41 Å². The normalized spacial score (nSPS) is 25.7. The van der Waals surface area contributed by atoms with E-state index in [9.17, 15) is 0 Å². The summed E-state index contributed by atoms with van der Waals surface area (Å²) in [6.45, 7) is 12.7. The van der Waals surface area contributed by atoms with E-state index in [1.54, 1.807) is 0 Å². The molecule has 2 heterocycles. The lowest BCUT2D eigenvalue weighted by Gasteiger charge is -2.45. The van der Waals surface area contributed by atoms with E-state index in [1.165, 1.54) is 24.3 Å². The van der Waals surface area contributed by atoms with Gasteiger partial charge in [0.25, 0.3) is 0 Å². The van der Waals surface area contributed by atoms with Crippen molar-refractivity contribution in [3.05, 3.63) is 22.4 Å². The minimum absolute atomic E-state index is 0.338. The van der Waals surface area contributed by atoms with Crippen molar-refractivity contribution in [3.63, 3.8) is 0 Å². The van der Waals surface area contributed by atoms with Crippen LogP contribution in [0.25, 0.3) is 0 Å². The van der Waals surface area contributed by atoms with Gasteiger partial charge < -0.3 is 5.32 Å². The lowest BCUT2D eigenvalue weighted by molar-refractivity contribution is 0.0756. The van der Waals surface area contributed by atoms with Crippen LogP contribution in [0.4, 0.5) is 0 Å². The van der Waals surface area contributed by atoms with Crippen molar-refractivity contribution in [1.29, 1.82) is 0 Å². The molecule has 1 aliphatic rings. The maximum absolute atomic E-state index is 3.77. The number of hydrogen-bond donors (Lipinski definition) is 1. The van der Waals surface area contributed by atoms with Crippen LogP contribution in [-0.4, -0.2) is 30.1 Å². The molecular weight excluding hydrogens is 252 g/mol. The second-order valence-electron chi connectivity index (χ2n) is 6.78. The Labute approximate surface area is 122 Å². The van der Waals surface area contributed by atoms with E-state index < -0.39 is 0 Å². The van der Waals surface area contributed by atoms with E-state index in [-0.39, 0.29) is 0 Å². The van der Waals surface area contributed by atoms with Crippen LogP contribution >= 0.6 is 11.3 Å². The monoisotopic (exact) mass is 280 g/mol. The second kappa shape index (κ2) is 6.38. The molecule has 1 aromatic rings. The Balaban J connectivity index is 2.04. The third-order valence-corrected chi connectivity index (χ3v) is 5.00. The van der Waals surface area contributed by atoms with Crippen molar-refractivity contribution in [2.75, 3.05) is 13.1 Å². The Morgan fingerprint density at radius 1 is 1.42 bits per heavy atom. The maximum atomic E-state index is 3.77. The average molecular weight is 280 g/mol. The van der Waals surface area contributed by atoms with E-state index >= 15 is 0 Å². The molecule has 1 aliphatic heterocycles. The van der Waals surface area contributed by atoms with Crippen molar-refractivity contribution in [3.8, 4) is 0 Å². The summed E-state index contributed by atoms with van der Waals surface area (Å²) in [6, 6.07) is 5.73. The first kappa shape index (κ1) is 15.0. The zero-order valence-corrected chi connectivity index (χ0v) is 13.6.